The SMILES string of the molecule is O=C(Nc1nnco1)c1cc(=O)c2ccccc2o1. The second kappa shape index (κ2) is 4.37. The molecule has 1 aromatic carbocycles. The fourth-order valence-electron chi connectivity index (χ4n) is 1.60. The van der Waals surface area contributed by atoms with Crippen LogP contribution in [0.25, 0.3) is 11.0 Å². The highest BCUT2D eigenvalue weighted by Gasteiger charge is 2.14. The minimum absolute atomic E-state index is 0.0687. The normalized spacial score (nSPS) is 10.5. The van der Waals surface area contributed by atoms with Crippen LogP contribution >= 0.6 is 0 Å². The average molecular weight is 257 g/mol. The number of carbonyl (C=O) groups excluding carboxylic acids is 1. The van der Waals surface area contributed by atoms with Crippen LogP contribution in [-0.4, -0.2) is 16.1 Å². The Labute approximate surface area is 105 Å². The molecular weight excluding hydrogens is 250 g/mol. The molecule has 7 nitrogen and oxygen atoms in total. The highest BCUT2D eigenvalue weighted by atomic mass is 16.4. The van der Waals surface area contributed by atoms with E-state index >= 15 is 0 Å². The summed E-state index contributed by atoms with van der Waals surface area (Å²) in [5.41, 5.74) is 0.0446. The van der Waals surface area contributed by atoms with Gasteiger partial charge in [-0.05, 0) is 12.1 Å². The van der Waals surface area contributed by atoms with Gasteiger partial charge < -0.3 is 8.83 Å². The monoisotopic (exact) mass is 257 g/mol. The zero-order valence-corrected chi connectivity index (χ0v) is 9.49. The maximum Gasteiger partial charge on any atom is 0.322 e. The molecule has 1 amide bonds. The van der Waals surface area contributed by atoms with E-state index in [1.807, 2.05) is 0 Å². The van der Waals surface area contributed by atoms with Crippen LogP contribution in [0.2, 0.25) is 0 Å². The number of nitrogens with one attached hydrogen (secondary N) is 1. The number of rotatable bonds is 2. The molecule has 7 heteroatoms. The van der Waals surface area contributed by atoms with E-state index in [0.717, 1.165) is 12.5 Å². The first-order chi connectivity index (χ1) is 9.24. The van der Waals surface area contributed by atoms with Crippen LogP contribution in [0.5, 0.6) is 0 Å². The zero-order valence-electron chi connectivity index (χ0n) is 9.49. The number of benzene rings is 1. The molecule has 0 radical (unpaired) electrons. The molecule has 0 fully saturated rings. The number of anilines is 1. The smallest absolute Gasteiger partial charge is 0.322 e. The summed E-state index contributed by atoms with van der Waals surface area (Å²) in [4.78, 5) is 23.7. The highest BCUT2D eigenvalue weighted by molar-refractivity contribution is 6.01. The van der Waals surface area contributed by atoms with E-state index < -0.39 is 5.91 Å². The van der Waals surface area contributed by atoms with Gasteiger partial charge in [-0.2, -0.15) is 0 Å². The Kier molecular flexibility index (Phi) is 2.57. The lowest BCUT2D eigenvalue weighted by Gasteiger charge is -2.01. The van der Waals surface area contributed by atoms with Crippen LogP contribution in [0.4, 0.5) is 6.01 Å². The van der Waals surface area contributed by atoms with Gasteiger partial charge in [0.25, 0.3) is 5.91 Å². The summed E-state index contributed by atoms with van der Waals surface area (Å²) in [6, 6.07) is 7.72. The molecule has 0 spiro atoms. The molecule has 0 aliphatic heterocycles. The van der Waals surface area contributed by atoms with Gasteiger partial charge >= 0.3 is 6.01 Å². The Morgan fingerprint density at radius 3 is 2.89 bits per heavy atom. The number of para-hydroxylation sites is 1. The van der Waals surface area contributed by atoms with Gasteiger partial charge in [-0.3, -0.25) is 14.9 Å². The van der Waals surface area contributed by atoms with Gasteiger partial charge in [0, 0.05) is 6.07 Å². The van der Waals surface area contributed by atoms with Crippen molar-refractivity contribution in [2.75, 3.05) is 5.32 Å². The minimum Gasteiger partial charge on any atom is -0.451 e. The summed E-state index contributed by atoms with van der Waals surface area (Å²) in [6.45, 7) is 0. The first kappa shape index (κ1) is 11.1. The number of aromatic nitrogens is 2. The van der Waals surface area contributed by atoms with Crippen molar-refractivity contribution >= 4 is 22.9 Å². The molecule has 94 valence electrons. The van der Waals surface area contributed by atoms with Crippen LogP contribution in [0.15, 0.2) is 50.4 Å². The largest absolute Gasteiger partial charge is 0.451 e. The molecule has 0 bridgehead atoms. The lowest BCUT2D eigenvalue weighted by Crippen LogP contribution is -2.15. The molecular formula is C12H7N3O4. The van der Waals surface area contributed by atoms with Crippen molar-refractivity contribution in [3.8, 4) is 0 Å². The molecule has 2 aromatic heterocycles. The van der Waals surface area contributed by atoms with E-state index in [-0.39, 0.29) is 17.2 Å². The molecule has 0 unspecified atom stereocenters. The van der Waals surface area contributed by atoms with Gasteiger partial charge in [-0.15, -0.1) is 5.10 Å². The van der Waals surface area contributed by atoms with Gasteiger partial charge in [0.2, 0.25) is 6.39 Å². The quantitative estimate of drug-likeness (QED) is 0.745. The van der Waals surface area contributed by atoms with Crippen molar-refractivity contribution in [3.05, 3.63) is 52.7 Å². The molecule has 3 rings (SSSR count). The molecule has 2 heterocycles. The first-order valence-corrected chi connectivity index (χ1v) is 5.34. The lowest BCUT2D eigenvalue weighted by atomic mass is 10.2. The maximum absolute atomic E-state index is 11.8. The highest BCUT2D eigenvalue weighted by Crippen LogP contribution is 2.12. The predicted molar refractivity (Wildman–Crippen MR) is 64.7 cm³/mol. The van der Waals surface area contributed by atoms with E-state index in [9.17, 15) is 9.59 Å². The van der Waals surface area contributed by atoms with Crippen LogP contribution < -0.4 is 10.7 Å². The molecule has 0 aliphatic rings. The van der Waals surface area contributed by atoms with E-state index in [1.165, 1.54) is 0 Å². The van der Waals surface area contributed by atoms with E-state index in [2.05, 4.69) is 15.5 Å². The standard InChI is InChI=1S/C12H7N3O4/c16-8-5-10(11(17)14-12-15-13-6-18-12)19-9-4-2-1-3-7(8)9/h1-6H,(H,14,15,17). The van der Waals surface area contributed by atoms with Crippen LogP contribution in [0.3, 0.4) is 0 Å². The van der Waals surface area contributed by atoms with Gasteiger partial charge in [-0.25, -0.2) is 0 Å². The molecule has 3 aromatic rings. The summed E-state index contributed by atoms with van der Waals surface area (Å²) >= 11 is 0. The summed E-state index contributed by atoms with van der Waals surface area (Å²) < 4.78 is 10.1. The Morgan fingerprint density at radius 2 is 2.11 bits per heavy atom. The maximum atomic E-state index is 11.8. The van der Waals surface area contributed by atoms with E-state index in [0.29, 0.717) is 11.0 Å². The number of amides is 1. The van der Waals surface area contributed by atoms with Crippen molar-refractivity contribution in [3.63, 3.8) is 0 Å². The number of hydrogen-bond donors (Lipinski definition) is 1. The van der Waals surface area contributed by atoms with Crippen LogP contribution in [0.1, 0.15) is 10.6 Å². The second-order valence-electron chi connectivity index (χ2n) is 3.67. The van der Waals surface area contributed by atoms with E-state index in [1.54, 1.807) is 24.3 Å². The van der Waals surface area contributed by atoms with Crippen molar-refractivity contribution in [2.24, 2.45) is 0 Å². The van der Waals surface area contributed by atoms with E-state index in [4.69, 9.17) is 8.83 Å². The Balaban J connectivity index is 2.01. The van der Waals surface area contributed by atoms with Crippen LogP contribution in [-0.2, 0) is 0 Å². The third-order valence-corrected chi connectivity index (χ3v) is 2.44. The summed E-state index contributed by atoms with van der Waals surface area (Å²) in [5, 5.41) is 9.64. The van der Waals surface area contributed by atoms with Crippen LogP contribution in [0, 0.1) is 0 Å². The average Bonchev–Trinajstić information content (AvgIpc) is 2.91. The molecule has 0 saturated heterocycles. The first-order valence-electron chi connectivity index (χ1n) is 5.34. The number of hydrogen-bond acceptors (Lipinski definition) is 6. The molecule has 0 saturated carbocycles. The predicted octanol–water partition coefficient (Wildman–Crippen LogP) is 1.43. The number of fused-ring (bicyclic) bond motifs is 1. The lowest BCUT2D eigenvalue weighted by molar-refractivity contribution is 0.0994. The molecule has 1 N–H and O–H groups in total. The number of nitrogens with zero attached hydrogens (tertiary/aromatic N) is 2. The van der Waals surface area contributed by atoms with Crippen molar-refractivity contribution in [1.29, 1.82) is 0 Å². The summed E-state index contributed by atoms with van der Waals surface area (Å²) in [7, 11) is 0. The molecule has 19 heavy (non-hydrogen) atoms. The van der Waals surface area contributed by atoms with Crippen molar-refractivity contribution in [1.82, 2.24) is 10.2 Å². The Morgan fingerprint density at radius 1 is 1.26 bits per heavy atom. The Hall–Kier alpha value is -2.96. The third kappa shape index (κ3) is 2.08. The zero-order chi connectivity index (χ0) is 13.2. The fraction of sp³-hybridized carbons (Fsp3) is 0. The van der Waals surface area contributed by atoms with Gasteiger partial charge in [-0.1, -0.05) is 17.2 Å². The number of carbonyl (C=O) groups is 1. The van der Waals surface area contributed by atoms with Gasteiger partial charge in [0.05, 0.1) is 5.39 Å². The van der Waals surface area contributed by atoms with Crippen molar-refractivity contribution < 1.29 is 13.6 Å². The third-order valence-electron chi connectivity index (χ3n) is 2.44. The summed E-state index contributed by atoms with van der Waals surface area (Å²) in [6.07, 6.45) is 1.08. The van der Waals surface area contributed by atoms with Gasteiger partial charge in [0.15, 0.2) is 11.2 Å². The topological polar surface area (TPSA) is 98.2 Å². The summed E-state index contributed by atoms with van der Waals surface area (Å²) in [5.74, 6) is -0.756. The Bertz CT molecular complexity index is 792. The molecule has 0 atom stereocenters. The fourth-order valence-corrected chi connectivity index (χ4v) is 1.60. The molecule has 0 aliphatic carbocycles. The second-order valence-corrected chi connectivity index (χ2v) is 3.67. The minimum atomic E-state index is -0.632. The van der Waals surface area contributed by atoms with Gasteiger partial charge in [0.1, 0.15) is 5.58 Å². The van der Waals surface area contributed by atoms with Crippen molar-refractivity contribution in [2.45, 2.75) is 0 Å².